The zero-order valence-corrected chi connectivity index (χ0v) is 31.9. The molecule has 0 saturated carbocycles. The van der Waals surface area contributed by atoms with Gasteiger partial charge in [-0.1, -0.05) is 41.0 Å². The third-order valence-electron chi connectivity index (χ3n) is 8.34. The van der Waals surface area contributed by atoms with E-state index in [1.54, 1.807) is 18.2 Å². The fourth-order valence-electron chi connectivity index (χ4n) is 5.84. The Kier molecular flexibility index (Phi) is 9.93. The fraction of sp³-hybridized carbons (Fsp3) is 0.125. The number of nitrogens with zero attached hydrogens (tertiary/aromatic N) is 4. The molecule has 4 aromatic carbocycles. The van der Waals surface area contributed by atoms with Gasteiger partial charge in [0.25, 0.3) is 0 Å². The van der Waals surface area contributed by atoms with Gasteiger partial charge >= 0.3 is 99.8 Å². The molecule has 0 atom stereocenters. The largest absolute Gasteiger partial charge is 0 e. The number of imidazole rings is 1. The Balaban J connectivity index is 0.000000208. The van der Waals surface area contributed by atoms with Gasteiger partial charge in [0, 0.05) is 32.0 Å². The zero-order valence-electron chi connectivity index (χ0n) is 27.4. The Morgan fingerprint density at radius 3 is 2.31 bits per heavy atom. The van der Waals surface area contributed by atoms with Crippen LogP contribution in [0.2, 0.25) is 17.3 Å². The van der Waals surface area contributed by atoms with Gasteiger partial charge in [0.1, 0.15) is 5.82 Å². The monoisotopic (exact) mass is 889 g/mol. The van der Waals surface area contributed by atoms with Crippen molar-refractivity contribution in [3.05, 3.63) is 133 Å². The molecule has 247 valence electrons. The van der Waals surface area contributed by atoms with E-state index < -0.39 is 19.2 Å². The second kappa shape index (κ2) is 14.2. The van der Waals surface area contributed by atoms with Gasteiger partial charge in [-0.3, -0.25) is 4.98 Å². The second-order valence-electron chi connectivity index (χ2n) is 12.5. The van der Waals surface area contributed by atoms with Crippen molar-refractivity contribution in [1.29, 1.82) is 0 Å². The van der Waals surface area contributed by atoms with Crippen LogP contribution in [0.5, 0.6) is 0 Å². The first-order chi connectivity index (χ1) is 23.2. The molecule has 4 heterocycles. The summed E-state index contributed by atoms with van der Waals surface area (Å²) in [6.45, 7) is 2.76. The van der Waals surface area contributed by atoms with Gasteiger partial charge in [0.2, 0.25) is 11.7 Å². The predicted molar refractivity (Wildman–Crippen MR) is 192 cm³/mol. The van der Waals surface area contributed by atoms with E-state index in [0.717, 1.165) is 38.8 Å². The van der Waals surface area contributed by atoms with Crippen molar-refractivity contribution in [2.45, 2.75) is 30.7 Å². The third-order valence-corrected chi connectivity index (χ3v) is 12.6. The third kappa shape index (κ3) is 6.86. The fourth-order valence-corrected chi connectivity index (χ4v) is 8.01. The number of benzene rings is 4. The molecule has 1 radical (unpaired) electrons. The zero-order chi connectivity index (χ0) is 33.4. The van der Waals surface area contributed by atoms with Gasteiger partial charge in [-0.05, 0) is 48.7 Å². The molecule has 9 heteroatoms. The summed E-state index contributed by atoms with van der Waals surface area (Å²) in [5.74, 6) is 6.92. The van der Waals surface area contributed by atoms with Crippen molar-refractivity contribution < 1.29 is 33.3 Å². The molecular weight excluding hydrogens is 855 g/mol. The molecule has 0 aliphatic carbocycles. The number of para-hydroxylation sites is 2. The number of aromatic nitrogens is 4. The first kappa shape index (κ1) is 34.4. The van der Waals surface area contributed by atoms with Crippen LogP contribution in [0.15, 0.2) is 114 Å². The van der Waals surface area contributed by atoms with Crippen LogP contribution in [-0.2, 0) is 26.7 Å². The van der Waals surface area contributed by atoms with Crippen molar-refractivity contribution in [3.8, 4) is 33.8 Å². The molecule has 0 spiro atoms. The van der Waals surface area contributed by atoms with Gasteiger partial charge < -0.3 is 8.98 Å². The first-order valence-electron chi connectivity index (χ1n) is 15.8. The number of hydrogen-bond donors (Lipinski definition) is 0. The summed E-state index contributed by atoms with van der Waals surface area (Å²) in [4.78, 5) is 13.3. The van der Waals surface area contributed by atoms with E-state index in [1.807, 2.05) is 60.8 Å². The van der Waals surface area contributed by atoms with Crippen molar-refractivity contribution in [1.82, 2.24) is 19.5 Å². The maximum Gasteiger partial charge on any atom is 0 e. The van der Waals surface area contributed by atoms with E-state index in [9.17, 15) is 8.78 Å². The van der Waals surface area contributed by atoms with Crippen LogP contribution < -0.4 is 4.40 Å². The minimum atomic E-state index is -1.72. The molecule has 0 N–H and O–H groups in total. The Morgan fingerprint density at radius 2 is 1.61 bits per heavy atom. The Labute approximate surface area is 299 Å². The summed E-state index contributed by atoms with van der Waals surface area (Å²) in [6.07, 6.45) is 2.04. The van der Waals surface area contributed by atoms with E-state index in [1.165, 1.54) is 22.6 Å². The SMILES string of the molecule is CCn1c(-c2[c-]cc(-c3ccc(F)cc3)c3c2oc2nc(F)ccc23)nc2ccccc21.[CH3][Ge]([CH3])([CH3])[c]1ccc(-c2[c-]cccc2)nc1.[Ir]. The summed E-state index contributed by atoms with van der Waals surface area (Å²) in [5.41, 5.74) is 6.94. The number of halogens is 2. The quantitative estimate of drug-likeness (QED) is 0.0982. The summed E-state index contributed by atoms with van der Waals surface area (Å²) in [7, 11) is 0. The van der Waals surface area contributed by atoms with E-state index in [2.05, 4.69) is 63.0 Å². The van der Waals surface area contributed by atoms with Gasteiger partial charge in [-0.2, -0.15) is 9.37 Å². The maximum absolute atomic E-state index is 13.9. The Morgan fingerprint density at radius 1 is 0.837 bits per heavy atom. The minimum absolute atomic E-state index is 0. The van der Waals surface area contributed by atoms with Crippen molar-refractivity contribution in [3.63, 3.8) is 0 Å². The number of fused-ring (bicyclic) bond motifs is 4. The van der Waals surface area contributed by atoms with Gasteiger partial charge in [0.05, 0.1) is 22.4 Å². The predicted octanol–water partition coefficient (Wildman–Crippen LogP) is 9.85. The summed E-state index contributed by atoms with van der Waals surface area (Å²) < 4.78 is 37.0. The number of furan rings is 1. The molecule has 0 saturated heterocycles. The van der Waals surface area contributed by atoms with Gasteiger partial charge in [0.15, 0.2) is 0 Å². The smallest absolute Gasteiger partial charge is 0 e. The van der Waals surface area contributed by atoms with E-state index in [4.69, 9.17) is 9.40 Å². The van der Waals surface area contributed by atoms with Crippen LogP contribution in [-0.4, -0.2) is 32.8 Å². The maximum atomic E-state index is 13.9. The van der Waals surface area contributed by atoms with Crippen LogP contribution >= 0.6 is 0 Å². The molecule has 4 aromatic heterocycles. The topological polar surface area (TPSA) is 56.7 Å². The molecule has 0 bridgehead atoms. The number of rotatable bonds is 5. The molecular formula is C40H32F2GeIrN4O-2. The Hall–Kier alpha value is -4.50. The van der Waals surface area contributed by atoms with E-state index >= 15 is 0 Å². The molecule has 49 heavy (non-hydrogen) atoms. The summed E-state index contributed by atoms with van der Waals surface area (Å²) >= 11 is -1.72. The number of aryl methyl sites for hydroxylation is 1. The van der Waals surface area contributed by atoms with E-state index in [0.29, 0.717) is 28.9 Å². The standard InChI is InChI=1S/C26H16F2N3O.C14H16GeN.Ir/c1-2-31-21-6-4-3-5-20(21)29-25(31)19-12-11-17(15-7-9-16(27)10-8-15)23-18-13-14-22(28)30-26(18)32-24(19)23;1-15(2,3)13-9-10-14(16-11-13)12-7-5-4-6-8-12;/h3-11,13-14H,2H2,1H3;4-7,9-11H,1-3H3;/q2*-1;. The van der Waals surface area contributed by atoms with Crippen LogP contribution in [0, 0.1) is 23.9 Å². The molecule has 0 unspecified atom stereocenters. The average Bonchev–Trinajstić information content (AvgIpc) is 3.67. The number of hydrogen-bond acceptors (Lipinski definition) is 4. The van der Waals surface area contributed by atoms with Gasteiger partial charge in [-0.25, -0.2) is 4.39 Å². The minimum Gasteiger partial charge on any atom is 0 e. The molecule has 0 fully saturated rings. The van der Waals surface area contributed by atoms with Gasteiger partial charge in [-0.15, -0.1) is 12.1 Å². The van der Waals surface area contributed by atoms with Crippen LogP contribution in [0.25, 0.3) is 66.9 Å². The normalized spacial score (nSPS) is 11.4. The first-order valence-corrected chi connectivity index (χ1v) is 23.1. The van der Waals surface area contributed by atoms with Crippen molar-refractivity contribution in [2.24, 2.45) is 0 Å². The van der Waals surface area contributed by atoms with Crippen LogP contribution in [0.1, 0.15) is 6.92 Å². The van der Waals surface area contributed by atoms with Crippen LogP contribution in [0.3, 0.4) is 0 Å². The summed E-state index contributed by atoms with van der Waals surface area (Å²) in [5, 5.41) is 1.44. The molecule has 0 aliphatic rings. The van der Waals surface area contributed by atoms with E-state index in [-0.39, 0.29) is 31.6 Å². The average molecular weight is 888 g/mol. The Bertz CT molecular complexity index is 2380. The van der Waals surface area contributed by atoms with Crippen LogP contribution in [0.4, 0.5) is 8.78 Å². The molecule has 5 nitrogen and oxygen atoms in total. The molecule has 8 rings (SSSR count). The second-order valence-corrected chi connectivity index (χ2v) is 23.2. The number of pyridine rings is 2. The molecule has 0 aliphatic heterocycles. The van der Waals surface area contributed by atoms with Crippen molar-refractivity contribution >= 4 is 50.8 Å². The van der Waals surface area contributed by atoms with Crippen molar-refractivity contribution in [2.75, 3.05) is 0 Å². The molecule has 8 aromatic rings. The molecule has 0 amide bonds. The summed E-state index contributed by atoms with van der Waals surface area (Å²) in [6, 6.07) is 37.8.